The number of rotatable bonds is 6. The van der Waals surface area contributed by atoms with E-state index in [-0.39, 0.29) is 41.1 Å². The summed E-state index contributed by atoms with van der Waals surface area (Å²) in [5.41, 5.74) is 18.9. The molecule has 0 bridgehead atoms. The molecule has 31 heavy (non-hydrogen) atoms. The van der Waals surface area contributed by atoms with Gasteiger partial charge in [0.25, 0.3) is 0 Å². The number of amidine groups is 1. The summed E-state index contributed by atoms with van der Waals surface area (Å²) in [7, 11) is 1.18. The van der Waals surface area contributed by atoms with E-state index in [0.29, 0.717) is 16.6 Å². The number of benzene rings is 1. The van der Waals surface area contributed by atoms with Crippen LogP contribution in [0.15, 0.2) is 71.4 Å². The number of hydrogen-bond donors (Lipinski definition) is 4. The zero-order valence-electron chi connectivity index (χ0n) is 16.7. The lowest BCUT2D eigenvalue weighted by Crippen LogP contribution is -2.29. The van der Waals surface area contributed by atoms with Gasteiger partial charge in [0, 0.05) is 11.8 Å². The van der Waals surface area contributed by atoms with Crippen LogP contribution in [0, 0.1) is 5.82 Å². The van der Waals surface area contributed by atoms with Crippen molar-refractivity contribution in [2.75, 3.05) is 7.11 Å². The topological polar surface area (TPSA) is 159 Å². The molecule has 2 heterocycles. The van der Waals surface area contributed by atoms with Crippen molar-refractivity contribution in [2.24, 2.45) is 22.2 Å². The van der Waals surface area contributed by atoms with Crippen molar-refractivity contribution in [2.45, 2.75) is 6.54 Å². The Labute approximate surface area is 176 Å². The highest BCUT2D eigenvalue weighted by molar-refractivity contribution is 6.06. The summed E-state index contributed by atoms with van der Waals surface area (Å²) in [6.45, 7) is 3.68. The van der Waals surface area contributed by atoms with Crippen LogP contribution in [0.3, 0.4) is 0 Å². The summed E-state index contributed by atoms with van der Waals surface area (Å²) in [6, 6.07) is 9.82. The molecule has 0 unspecified atom stereocenters. The number of fused-ring (bicyclic) bond motifs is 1. The average Bonchev–Trinajstić information content (AvgIpc) is 3.11. The van der Waals surface area contributed by atoms with E-state index >= 15 is 0 Å². The van der Waals surface area contributed by atoms with Crippen molar-refractivity contribution >= 4 is 23.0 Å². The molecule has 1 aromatic carbocycles. The van der Waals surface area contributed by atoms with Crippen molar-refractivity contribution in [3.05, 3.63) is 83.5 Å². The smallest absolute Gasteiger partial charge is 0.411 e. The third-order valence-electron chi connectivity index (χ3n) is 4.26. The molecule has 3 aromatic rings. The van der Waals surface area contributed by atoms with E-state index in [1.165, 1.54) is 17.9 Å². The van der Waals surface area contributed by atoms with Crippen LogP contribution < -0.4 is 22.5 Å². The van der Waals surface area contributed by atoms with E-state index in [2.05, 4.69) is 31.7 Å². The Bertz CT molecular complexity index is 1210. The standard InChI is InChI=1S/C20H21FN8O2/c1-11(22)15(26-20(30)31-2)17(23)27-18(24)16-13-7-5-9-25-19(13)29(28-16)10-12-6-3-4-8-14(12)21/h3-9H,1,10,22-23H2,2H3,(H2,24,27)(H,26,30)/b17-15+. The molecule has 0 spiro atoms. The molecule has 0 aliphatic rings. The van der Waals surface area contributed by atoms with Gasteiger partial charge in [-0.15, -0.1) is 0 Å². The van der Waals surface area contributed by atoms with Gasteiger partial charge in [0.2, 0.25) is 0 Å². The Morgan fingerprint density at radius 3 is 2.68 bits per heavy atom. The third kappa shape index (κ3) is 4.61. The van der Waals surface area contributed by atoms with Gasteiger partial charge in [-0.1, -0.05) is 24.8 Å². The Morgan fingerprint density at radius 2 is 2.00 bits per heavy atom. The maximum Gasteiger partial charge on any atom is 0.411 e. The van der Waals surface area contributed by atoms with Gasteiger partial charge < -0.3 is 21.9 Å². The highest BCUT2D eigenvalue weighted by Crippen LogP contribution is 2.19. The zero-order chi connectivity index (χ0) is 22.5. The highest BCUT2D eigenvalue weighted by Gasteiger charge is 2.17. The number of ether oxygens (including phenoxy) is 1. The fraction of sp³-hybridized carbons (Fsp3) is 0.100. The Morgan fingerprint density at radius 1 is 1.26 bits per heavy atom. The van der Waals surface area contributed by atoms with Crippen molar-refractivity contribution in [1.82, 2.24) is 20.1 Å². The number of nitrogens with two attached hydrogens (primary N) is 3. The number of carbonyl (C=O) groups excluding carboxylic acids is 1. The van der Waals surface area contributed by atoms with E-state index in [9.17, 15) is 9.18 Å². The van der Waals surface area contributed by atoms with Gasteiger partial charge in [0.05, 0.1) is 24.7 Å². The molecular weight excluding hydrogens is 403 g/mol. The second kappa shape index (κ2) is 8.95. The molecule has 0 aliphatic heterocycles. The van der Waals surface area contributed by atoms with Crippen LogP contribution in [0.4, 0.5) is 9.18 Å². The number of amides is 1. The minimum absolute atomic E-state index is 0.0453. The van der Waals surface area contributed by atoms with E-state index in [4.69, 9.17) is 17.2 Å². The number of aromatic nitrogens is 3. The van der Waals surface area contributed by atoms with E-state index < -0.39 is 6.09 Å². The minimum atomic E-state index is -0.804. The highest BCUT2D eigenvalue weighted by atomic mass is 19.1. The van der Waals surface area contributed by atoms with Crippen LogP contribution >= 0.6 is 0 Å². The zero-order valence-corrected chi connectivity index (χ0v) is 16.7. The lowest BCUT2D eigenvalue weighted by atomic mass is 10.2. The van der Waals surface area contributed by atoms with Gasteiger partial charge in [-0.2, -0.15) is 5.10 Å². The van der Waals surface area contributed by atoms with Gasteiger partial charge in [0.1, 0.15) is 17.2 Å². The quantitative estimate of drug-likeness (QED) is 0.263. The molecule has 7 N–H and O–H groups in total. The Balaban J connectivity index is 2.06. The monoisotopic (exact) mass is 424 g/mol. The molecule has 0 saturated carbocycles. The van der Waals surface area contributed by atoms with Crippen LogP contribution in [0.25, 0.3) is 11.0 Å². The largest absolute Gasteiger partial charge is 0.453 e. The number of methoxy groups -OCH3 is 1. The molecule has 0 fully saturated rings. The number of halogens is 1. The summed E-state index contributed by atoms with van der Waals surface area (Å²) < 4.78 is 20.2. The van der Waals surface area contributed by atoms with Crippen molar-refractivity contribution in [3.8, 4) is 0 Å². The predicted molar refractivity (Wildman–Crippen MR) is 114 cm³/mol. The molecule has 0 saturated heterocycles. The van der Waals surface area contributed by atoms with Crippen LogP contribution in [0.1, 0.15) is 11.3 Å². The molecule has 160 valence electrons. The molecule has 1 amide bonds. The molecule has 0 aliphatic carbocycles. The molecule has 11 heteroatoms. The van der Waals surface area contributed by atoms with Gasteiger partial charge in [-0.25, -0.2) is 23.8 Å². The van der Waals surface area contributed by atoms with E-state index in [0.717, 1.165) is 0 Å². The molecule has 10 nitrogen and oxygen atoms in total. The number of nitrogens with zero attached hydrogens (tertiary/aromatic N) is 4. The van der Waals surface area contributed by atoms with Gasteiger partial charge in [0.15, 0.2) is 17.3 Å². The first-order chi connectivity index (χ1) is 14.8. The molecular formula is C20H21FN8O2. The number of hydrogen-bond acceptors (Lipinski definition) is 7. The Hall–Kier alpha value is -4.41. The second-order valence-electron chi connectivity index (χ2n) is 6.37. The van der Waals surface area contributed by atoms with Crippen LogP contribution in [-0.4, -0.2) is 33.8 Å². The average molecular weight is 424 g/mol. The number of carbonyl (C=O) groups is 1. The molecule has 0 radical (unpaired) electrons. The fourth-order valence-electron chi connectivity index (χ4n) is 2.80. The lowest BCUT2D eigenvalue weighted by Gasteiger charge is -2.10. The van der Waals surface area contributed by atoms with Gasteiger partial charge in [-0.05, 0) is 18.2 Å². The van der Waals surface area contributed by atoms with E-state index in [1.807, 2.05) is 0 Å². The summed E-state index contributed by atoms with van der Waals surface area (Å²) in [5.74, 6) is -0.623. The fourth-order valence-corrected chi connectivity index (χ4v) is 2.80. The normalized spacial score (nSPS) is 12.4. The lowest BCUT2D eigenvalue weighted by molar-refractivity contribution is 0.174. The van der Waals surface area contributed by atoms with Crippen LogP contribution in [-0.2, 0) is 11.3 Å². The van der Waals surface area contributed by atoms with Crippen molar-refractivity contribution < 1.29 is 13.9 Å². The summed E-state index contributed by atoms with van der Waals surface area (Å²) in [6.07, 6.45) is 0.784. The number of nitrogens with one attached hydrogen (secondary N) is 1. The predicted octanol–water partition coefficient (Wildman–Crippen LogP) is 1.28. The first kappa shape index (κ1) is 21.3. The van der Waals surface area contributed by atoms with E-state index in [1.54, 1.807) is 36.5 Å². The first-order valence-electron chi connectivity index (χ1n) is 9.00. The number of pyridine rings is 1. The number of alkyl carbamates (subject to hydrolysis) is 1. The maximum atomic E-state index is 14.1. The SMILES string of the molecule is C=C(N)/C(NC(=O)OC)=C(/N)N=C(N)c1nn(Cc2ccccc2F)c2ncccc12. The van der Waals surface area contributed by atoms with Crippen LogP contribution in [0.2, 0.25) is 0 Å². The molecule has 0 atom stereocenters. The van der Waals surface area contributed by atoms with Crippen molar-refractivity contribution in [1.29, 1.82) is 0 Å². The minimum Gasteiger partial charge on any atom is -0.453 e. The second-order valence-corrected chi connectivity index (χ2v) is 6.37. The summed E-state index contributed by atoms with van der Waals surface area (Å²) >= 11 is 0. The Kier molecular flexibility index (Phi) is 6.15. The van der Waals surface area contributed by atoms with Crippen LogP contribution in [0.5, 0.6) is 0 Å². The third-order valence-corrected chi connectivity index (χ3v) is 4.26. The number of aliphatic imine (C=N–C) groups is 1. The van der Waals surface area contributed by atoms with Gasteiger partial charge >= 0.3 is 6.09 Å². The summed E-state index contributed by atoms with van der Waals surface area (Å²) in [5, 5.41) is 7.36. The first-order valence-corrected chi connectivity index (χ1v) is 9.00. The van der Waals surface area contributed by atoms with Gasteiger partial charge in [-0.3, -0.25) is 5.32 Å². The summed E-state index contributed by atoms with van der Waals surface area (Å²) in [4.78, 5) is 19.9. The van der Waals surface area contributed by atoms with Crippen molar-refractivity contribution in [3.63, 3.8) is 0 Å². The molecule has 3 rings (SSSR count). The maximum absolute atomic E-state index is 14.1. The molecule has 2 aromatic heterocycles.